The van der Waals surface area contributed by atoms with Gasteiger partial charge in [0.2, 0.25) is 5.60 Å². The summed E-state index contributed by atoms with van der Waals surface area (Å²) >= 11 is 0. The second-order valence-electron chi connectivity index (χ2n) is 6.29. The van der Waals surface area contributed by atoms with E-state index in [1.54, 1.807) is 11.9 Å². The van der Waals surface area contributed by atoms with Gasteiger partial charge in [0.15, 0.2) is 5.78 Å². The molecule has 0 saturated carbocycles. The number of benzene rings is 1. The van der Waals surface area contributed by atoms with Crippen LogP contribution in [0.4, 0.5) is 0 Å². The van der Waals surface area contributed by atoms with Gasteiger partial charge in [0.25, 0.3) is 0 Å². The van der Waals surface area contributed by atoms with Gasteiger partial charge in [-0.05, 0) is 31.9 Å². The van der Waals surface area contributed by atoms with E-state index in [4.69, 9.17) is 5.11 Å². The van der Waals surface area contributed by atoms with Crippen molar-refractivity contribution >= 4 is 11.8 Å². The molecule has 0 aromatic heterocycles. The summed E-state index contributed by atoms with van der Waals surface area (Å²) in [6.07, 6.45) is 0.492. The molecular weight excluding hydrogens is 282 g/mol. The summed E-state index contributed by atoms with van der Waals surface area (Å²) < 4.78 is 0. The van der Waals surface area contributed by atoms with Crippen molar-refractivity contribution in [3.05, 3.63) is 35.9 Å². The number of nitrogens with zero attached hydrogens (tertiary/aromatic N) is 1. The highest BCUT2D eigenvalue weighted by atomic mass is 16.4. The van der Waals surface area contributed by atoms with Gasteiger partial charge >= 0.3 is 5.97 Å². The maximum absolute atomic E-state index is 12.5. The van der Waals surface area contributed by atoms with Gasteiger partial charge < -0.3 is 10.2 Å². The van der Waals surface area contributed by atoms with Crippen molar-refractivity contribution in [1.29, 1.82) is 0 Å². The van der Waals surface area contributed by atoms with Crippen LogP contribution in [0.3, 0.4) is 0 Å². The van der Waals surface area contributed by atoms with Gasteiger partial charge in [0, 0.05) is 6.54 Å². The summed E-state index contributed by atoms with van der Waals surface area (Å²) in [5.41, 5.74) is -1.34. The van der Waals surface area contributed by atoms with Crippen LogP contribution in [0.2, 0.25) is 0 Å². The molecule has 0 saturated heterocycles. The summed E-state index contributed by atoms with van der Waals surface area (Å²) in [6, 6.07) is 8.98. The molecule has 0 bridgehead atoms. The van der Waals surface area contributed by atoms with Gasteiger partial charge in [-0.2, -0.15) is 0 Å². The summed E-state index contributed by atoms with van der Waals surface area (Å²) in [5.74, 6) is -1.98. The number of carboxylic acid groups (broad SMARTS) is 1. The van der Waals surface area contributed by atoms with Gasteiger partial charge in [0.05, 0.1) is 6.04 Å². The standard InChI is InChI=1S/C17H25NO4/c1-12(2)10-14(15(19)17(3,22)16(20)21)18(4)11-13-8-6-5-7-9-13/h5-9,12,14,22H,10-11H2,1-4H3,(H,20,21)/t14-,17-/m0/s1. The molecule has 0 unspecified atom stereocenters. The number of hydrogen-bond acceptors (Lipinski definition) is 4. The molecule has 0 aliphatic carbocycles. The topological polar surface area (TPSA) is 77.8 Å². The van der Waals surface area contributed by atoms with E-state index in [0.717, 1.165) is 12.5 Å². The largest absolute Gasteiger partial charge is 0.479 e. The molecule has 1 aromatic carbocycles. The third-order valence-electron chi connectivity index (χ3n) is 3.70. The van der Waals surface area contributed by atoms with Crippen molar-refractivity contribution in [2.45, 2.75) is 45.4 Å². The highest BCUT2D eigenvalue weighted by Crippen LogP contribution is 2.20. The minimum Gasteiger partial charge on any atom is -0.479 e. The first-order valence-corrected chi connectivity index (χ1v) is 7.40. The van der Waals surface area contributed by atoms with Gasteiger partial charge in [-0.1, -0.05) is 44.2 Å². The lowest BCUT2D eigenvalue weighted by molar-refractivity contribution is -0.165. The first kappa shape index (κ1) is 18.3. The number of rotatable bonds is 8. The van der Waals surface area contributed by atoms with Crippen molar-refractivity contribution in [2.24, 2.45) is 5.92 Å². The van der Waals surface area contributed by atoms with Gasteiger partial charge in [-0.25, -0.2) is 4.79 Å². The minimum atomic E-state index is -2.37. The molecule has 0 aliphatic rings. The fraction of sp³-hybridized carbons (Fsp3) is 0.529. The maximum atomic E-state index is 12.5. The van der Waals surface area contributed by atoms with Crippen molar-refractivity contribution in [2.75, 3.05) is 7.05 Å². The van der Waals surface area contributed by atoms with Crippen LogP contribution in [-0.4, -0.2) is 45.6 Å². The lowest BCUT2D eigenvalue weighted by atomic mass is 9.89. The predicted molar refractivity (Wildman–Crippen MR) is 84.4 cm³/mol. The summed E-state index contributed by atoms with van der Waals surface area (Å²) in [5, 5.41) is 19.1. The molecule has 0 fully saturated rings. The Hall–Kier alpha value is -1.72. The normalized spacial score (nSPS) is 15.6. The molecule has 0 aliphatic heterocycles. The smallest absolute Gasteiger partial charge is 0.343 e. The van der Waals surface area contributed by atoms with Gasteiger partial charge in [-0.15, -0.1) is 0 Å². The number of ketones is 1. The van der Waals surface area contributed by atoms with Crippen LogP contribution in [0, 0.1) is 5.92 Å². The van der Waals surface area contributed by atoms with E-state index in [2.05, 4.69) is 0 Å². The third kappa shape index (κ3) is 4.64. The van der Waals surface area contributed by atoms with Crippen LogP contribution in [0.25, 0.3) is 0 Å². The molecule has 1 aromatic rings. The van der Waals surface area contributed by atoms with Crippen molar-refractivity contribution in [3.8, 4) is 0 Å². The number of aliphatic hydroxyl groups is 1. The zero-order valence-electron chi connectivity index (χ0n) is 13.6. The zero-order valence-corrected chi connectivity index (χ0v) is 13.6. The van der Waals surface area contributed by atoms with Crippen molar-refractivity contribution < 1.29 is 19.8 Å². The summed E-state index contributed by atoms with van der Waals surface area (Å²) in [4.78, 5) is 25.4. The summed E-state index contributed by atoms with van der Waals surface area (Å²) in [6.45, 7) is 5.49. The Morgan fingerprint density at radius 2 is 1.77 bits per heavy atom. The van der Waals surface area contributed by atoms with E-state index in [1.807, 2.05) is 44.2 Å². The quantitative estimate of drug-likeness (QED) is 0.718. The van der Waals surface area contributed by atoms with Crippen LogP contribution in [-0.2, 0) is 16.1 Å². The molecule has 5 heteroatoms. The van der Waals surface area contributed by atoms with Crippen LogP contribution in [0.5, 0.6) is 0 Å². The van der Waals surface area contributed by atoms with Crippen LogP contribution in [0.1, 0.15) is 32.8 Å². The first-order chi connectivity index (χ1) is 10.2. The van der Waals surface area contributed by atoms with Crippen molar-refractivity contribution in [1.82, 2.24) is 4.90 Å². The van der Waals surface area contributed by atoms with Crippen LogP contribution in [0.15, 0.2) is 30.3 Å². The van der Waals surface area contributed by atoms with Crippen LogP contribution >= 0.6 is 0 Å². The van der Waals surface area contributed by atoms with Crippen LogP contribution < -0.4 is 0 Å². The van der Waals surface area contributed by atoms with E-state index in [-0.39, 0.29) is 5.92 Å². The molecule has 2 atom stereocenters. The van der Waals surface area contributed by atoms with E-state index < -0.39 is 23.4 Å². The van der Waals surface area contributed by atoms with Crippen molar-refractivity contribution in [3.63, 3.8) is 0 Å². The fourth-order valence-electron chi connectivity index (χ4n) is 2.35. The van der Waals surface area contributed by atoms with E-state index in [9.17, 15) is 14.7 Å². The molecule has 2 N–H and O–H groups in total. The van der Waals surface area contributed by atoms with Gasteiger partial charge in [0.1, 0.15) is 0 Å². The molecule has 0 heterocycles. The van der Waals surface area contributed by atoms with E-state index in [0.29, 0.717) is 13.0 Å². The second-order valence-corrected chi connectivity index (χ2v) is 6.29. The number of carbonyl (C=O) groups excluding carboxylic acids is 1. The molecule has 0 amide bonds. The minimum absolute atomic E-state index is 0.205. The SMILES string of the molecule is CC(C)C[C@@H](C(=O)[C@](C)(O)C(=O)O)N(C)Cc1ccccc1. The average Bonchev–Trinajstić information content (AvgIpc) is 2.44. The Bertz CT molecular complexity index is 511. The summed E-state index contributed by atoms with van der Waals surface area (Å²) in [7, 11) is 1.77. The van der Waals surface area contributed by atoms with Gasteiger partial charge in [-0.3, -0.25) is 9.69 Å². The Kier molecular flexibility index (Phi) is 6.26. The number of aliphatic carboxylic acids is 1. The molecule has 22 heavy (non-hydrogen) atoms. The molecule has 1 rings (SSSR count). The number of carboxylic acids is 1. The highest BCUT2D eigenvalue weighted by Gasteiger charge is 2.44. The van der Waals surface area contributed by atoms with E-state index in [1.165, 1.54) is 0 Å². The fourth-order valence-corrected chi connectivity index (χ4v) is 2.35. The lowest BCUT2D eigenvalue weighted by Crippen LogP contribution is -2.53. The number of likely N-dealkylation sites (N-methyl/N-ethyl adjacent to an activating group) is 1. The molecule has 0 radical (unpaired) electrons. The van der Waals surface area contributed by atoms with E-state index >= 15 is 0 Å². The average molecular weight is 307 g/mol. The first-order valence-electron chi connectivity index (χ1n) is 7.40. The number of carbonyl (C=O) groups is 2. The Morgan fingerprint density at radius 3 is 2.23 bits per heavy atom. The zero-order chi connectivity index (χ0) is 16.9. The highest BCUT2D eigenvalue weighted by molar-refractivity contribution is 6.08. The Labute approximate surface area is 131 Å². The lowest BCUT2D eigenvalue weighted by Gasteiger charge is -2.32. The monoisotopic (exact) mass is 307 g/mol. The molecule has 0 spiro atoms. The maximum Gasteiger partial charge on any atom is 0.343 e. The number of hydrogen-bond donors (Lipinski definition) is 2. The third-order valence-corrected chi connectivity index (χ3v) is 3.70. The Morgan fingerprint density at radius 1 is 1.23 bits per heavy atom. The molecule has 5 nitrogen and oxygen atoms in total. The predicted octanol–water partition coefficient (Wildman–Crippen LogP) is 1.94. The number of Topliss-reactive ketones (excluding diaryl/α,β-unsaturated/α-hetero) is 1. The molecular formula is C17H25NO4. The Balaban J connectivity index is 2.97. The second kappa shape index (κ2) is 7.51. The molecule has 122 valence electrons.